The van der Waals surface area contributed by atoms with E-state index in [2.05, 4.69) is 36.0 Å². The summed E-state index contributed by atoms with van der Waals surface area (Å²) in [6, 6.07) is 5.01. The topological polar surface area (TPSA) is 85.8 Å². The molecule has 1 atom stereocenters. The average Bonchev–Trinajstić information content (AvgIpc) is 3.03. The van der Waals surface area contributed by atoms with Gasteiger partial charge in [0, 0.05) is 23.1 Å². The van der Waals surface area contributed by atoms with E-state index >= 15 is 0 Å². The summed E-state index contributed by atoms with van der Waals surface area (Å²) in [6.45, 7) is 2.82. The largest absolute Gasteiger partial charge is 0.398 e. The van der Waals surface area contributed by atoms with Crippen molar-refractivity contribution in [2.75, 3.05) is 5.73 Å². The third kappa shape index (κ3) is 2.65. The van der Waals surface area contributed by atoms with Crippen LogP contribution in [0.3, 0.4) is 0 Å². The van der Waals surface area contributed by atoms with E-state index in [4.69, 9.17) is 5.73 Å². The molecular weight excluding hydrogens is 334 g/mol. The highest BCUT2D eigenvalue weighted by atomic mass is 79.9. The molecule has 0 spiro atoms. The van der Waals surface area contributed by atoms with Crippen molar-refractivity contribution < 1.29 is 4.79 Å². The molecule has 0 bridgehead atoms. The van der Waals surface area contributed by atoms with Crippen LogP contribution in [-0.4, -0.2) is 20.7 Å². The number of hydrogen-bond donors (Lipinski definition) is 2. The summed E-state index contributed by atoms with van der Waals surface area (Å²) < 4.78 is 2.90. The highest BCUT2D eigenvalue weighted by molar-refractivity contribution is 9.10. The number of hydrogen-bond acceptors (Lipinski definition) is 4. The van der Waals surface area contributed by atoms with Gasteiger partial charge >= 0.3 is 0 Å². The van der Waals surface area contributed by atoms with E-state index in [0.717, 1.165) is 35.5 Å². The van der Waals surface area contributed by atoms with Gasteiger partial charge in [-0.1, -0.05) is 15.9 Å². The molecule has 3 rings (SSSR count). The van der Waals surface area contributed by atoms with Crippen LogP contribution in [0.1, 0.15) is 41.4 Å². The first-order valence-corrected chi connectivity index (χ1v) is 7.63. The van der Waals surface area contributed by atoms with Crippen LogP contribution in [0.5, 0.6) is 0 Å². The zero-order chi connectivity index (χ0) is 15.0. The molecule has 0 saturated carbocycles. The van der Waals surface area contributed by atoms with Crippen molar-refractivity contribution in [2.45, 2.75) is 32.4 Å². The zero-order valence-electron chi connectivity index (χ0n) is 11.6. The highest BCUT2D eigenvalue weighted by Crippen LogP contribution is 2.21. The van der Waals surface area contributed by atoms with Crippen molar-refractivity contribution in [2.24, 2.45) is 0 Å². The fraction of sp³-hybridized carbons (Fsp3) is 0.357. The number of halogens is 1. The van der Waals surface area contributed by atoms with Crippen LogP contribution in [0.2, 0.25) is 0 Å². The van der Waals surface area contributed by atoms with E-state index in [9.17, 15) is 4.79 Å². The lowest BCUT2D eigenvalue weighted by Crippen LogP contribution is -2.29. The minimum Gasteiger partial charge on any atom is -0.398 e. The smallest absolute Gasteiger partial charge is 0.253 e. The molecule has 2 aromatic rings. The van der Waals surface area contributed by atoms with Gasteiger partial charge in [-0.3, -0.25) is 4.79 Å². The normalized spacial score (nSPS) is 14.8. The summed E-state index contributed by atoms with van der Waals surface area (Å²) in [7, 11) is 0. The number of aromatic nitrogens is 3. The molecule has 1 unspecified atom stereocenters. The molecule has 2 heterocycles. The number of aryl methyl sites for hydroxylation is 1. The number of rotatable bonds is 3. The molecule has 1 aliphatic heterocycles. The number of nitrogen functional groups attached to an aromatic ring is 1. The third-order valence-corrected chi connectivity index (χ3v) is 4.13. The van der Waals surface area contributed by atoms with Crippen LogP contribution in [0.15, 0.2) is 22.7 Å². The molecular formula is C14H16BrN5O. The Bertz CT molecular complexity index is 697. The maximum absolute atomic E-state index is 12.4. The molecule has 0 radical (unpaired) electrons. The van der Waals surface area contributed by atoms with Crippen LogP contribution in [0.25, 0.3) is 0 Å². The molecule has 1 aliphatic rings. The number of nitrogens with one attached hydrogen (secondary N) is 1. The summed E-state index contributed by atoms with van der Waals surface area (Å²) >= 11 is 3.35. The second-order valence-electron chi connectivity index (χ2n) is 5.16. The first kappa shape index (κ1) is 14.1. The van der Waals surface area contributed by atoms with Crippen LogP contribution < -0.4 is 11.1 Å². The Kier molecular flexibility index (Phi) is 3.67. The Balaban J connectivity index is 1.79. The van der Waals surface area contributed by atoms with Gasteiger partial charge in [-0.05, 0) is 31.5 Å². The second kappa shape index (κ2) is 5.48. The number of carbonyl (C=O) groups is 1. The molecule has 1 amide bonds. The fourth-order valence-corrected chi connectivity index (χ4v) is 2.92. The van der Waals surface area contributed by atoms with E-state index in [-0.39, 0.29) is 11.9 Å². The number of anilines is 1. The summed E-state index contributed by atoms with van der Waals surface area (Å²) in [5, 5.41) is 11.3. The molecule has 1 aromatic carbocycles. The lowest BCUT2D eigenvalue weighted by molar-refractivity contribution is 0.0938. The van der Waals surface area contributed by atoms with Crippen LogP contribution >= 0.6 is 15.9 Å². The lowest BCUT2D eigenvalue weighted by atomic mass is 10.1. The zero-order valence-corrected chi connectivity index (χ0v) is 13.2. The number of nitrogens with zero attached hydrogens (tertiary/aromatic N) is 3. The van der Waals surface area contributed by atoms with Crippen molar-refractivity contribution in [3.05, 3.63) is 39.9 Å². The summed E-state index contributed by atoms with van der Waals surface area (Å²) in [6.07, 6.45) is 2.03. The maximum Gasteiger partial charge on any atom is 0.253 e. The van der Waals surface area contributed by atoms with Gasteiger partial charge in [0.2, 0.25) is 0 Å². The monoisotopic (exact) mass is 349 g/mol. The molecule has 6 nitrogen and oxygen atoms in total. The van der Waals surface area contributed by atoms with Gasteiger partial charge in [0.1, 0.15) is 5.82 Å². The molecule has 0 saturated heterocycles. The summed E-state index contributed by atoms with van der Waals surface area (Å²) in [5.74, 6) is 1.58. The van der Waals surface area contributed by atoms with Crippen LogP contribution in [-0.2, 0) is 13.0 Å². The van der Waals surface area contributed by atoms with Crippen molar-refractivity contribution in [1.82, 2.24) is 20.1 Å². The first-order chi connectivity index (χ1) is 10.1. The summed E-state index contributed by atoms with van der Waals surface area (Å²) in [5.41, 5.74) is 6.77. The van der Waals surface area contributed by atoms with E-state index < -0.39 is 0 Å². The Labute approximate surface area is 130 Å². The number of nitrogens with two attached hydrogens (primary N) is 1. The quantitative estimate of drug-likeness (QED) is 0.830. The molecule has 0 fully saturated rings. The molecule has 110 valence electrons. The van der Waals surface area contributed by atoms with Gasteiger partial charge in [-0.15, -0.1) is 10.2 Å². The van der Waals surface area contributed by atoms with Gasteiger partial charge in [-0.25, -0.2) is 0 Å². The van der Waals surface area contributed by atoms with Crippen molar-refractivity contribution >= 4 is 27.5 Å². The number of carbonyl (C=O) groups excluding carboxylic acids is 1. The lowest BCUT2D eigenvalue weighted by Gasteiger charge is -2.15. The number of amides is 1. The van der Waals surface area contributed by atoms with Crippen LogP contribution in [0.4, 0.5) is 5.69 Å². The number of benzene rings is 1. The Morgan fingerprint density at radius 1 is 1.48 bits per heavy atom. The van der Waals surface area contributed by atoms with Gasteiger partial charge in [0.05, 0.1) is 11.6 Å². The Morgan fingerprint density at radius 3 is 3.10 bits per heavy atom. The average molecular weight is 350 g/mol. The molecule has 3 N–H and O–H groups in total. The minimum atomic E-state index is -0.213. The molecule has 0 aliphatic carbocycles. The van der Waals surface area contributed by atoms with Crippen molar-refractivity contribution in [1.29, 1.82) is 0 Å². The Morgan fingerprint density at radius 2 is 2.29 bits per heavy atom. The van der Waals surface area contributed by atoms with E-state index in [1.165, 1.54) is 0 Å². The van der Waals surface area contributed by atoms with E-state index in [1.807, 2.05) is 6.92 Å². The molecule has 1 aromatic heterocycles. The Hall–Kier alpha value is -1.89. The second-order valence-corrected chi connectivity index (χ2v) is 6.07. The van der Waals surface area contributed by atoms with Crippen molar-refractivity contribution in [3.8, 4) is 0 Å². The highest BCUT2D eigenvalue weighted by Gasteiger charge is 2.23. The SMILES string of the molecule is CC(NC(=O)c1cc(Br)ccc1N)c1nnc2n1CCC2. The summed E-state index contributed by atoms with van der Waals surface area (Å²) in [4.78, 5) is 12.4. The minimum absolute atomic E-state index is 0.211. The maximum atomic E-state index is 12.4. The van der Waals surface area contributed by atoms with Gasteiger partial charge in [0.25, 0.3) is 5.91 Å². The standard InChI is InChI=1S/C14H16BrN5O/c1-8(13-19-18-12-3-2-6-20(12)13)17-14(21)10-7-9(15)4-5-11(10)16/h4-5,7-8H,2-3,6,16H2,1H3,(H,17,21). The van der Waals surface area contributed by atoms with E-state index in [0.29, 0.717) is 11.3 Å². The van der Waals surface area contributed by atoms with Gasteiger partial charge in [0.15, 0.2) is 5.82 Å². The third-order valence-electron chi connectivity index (χ3n) is 3.63. The van der Waals surface area contributed by atoms with E-state index in [1.54, 1.807) is 18.2 Å². The first-order valence-electron chi connectivity index (χ1n) is 6.84. The fourth-order valence-electron chi connectivity index (χ4n) is 2.56. The predicted molar refractivity (Wildman–Crippen MR) is 82.8 cm³/mol. The molecule has 7 heteroatoms. The number of fused-ring (bicyclic) bond motifs is 1. The predicted octanol–water partition coefficient (Wildman–Crippen LogP) is 2.06. The van der Waals surface area contributed by atoms with Gasteiger partial charge < -0.3 is 15.6 Å². The van der Waals surface area contributed by atoms with Crippen molar-refractivity contribution in [3.63, 3.8) is 0 Å². The molecule has 21 heavy (non-hydrogen) atoms. The van der Waals surface area contributed by atoms with Gasteiger partial charge in [-0.2, -0.15) is 0 Å². The van der Waals surface area contributed by atoms with Crippen LogP contribution in [0, 0.1) is 0 Å².